The first kappa shape index (κ1) is 16.8. The van der Waals surface area contributed by atoms with Gasteiger partial charge in [0.1, 0.15) is 24.4 Å². The highest BCUT2D eigenvalue weighted by molar-refractivity contribution is 4.88. The third kappa shape index (κ3) is 4.64. The molecule has 0 spiro atoms. The van der Waals surface area contributed by atoms with Crippen LogP contribution in [0.2, 0.25) is 0 Å². The van der Waals surface area contributed by atoms with Crippen LogP contribution in [0.3, 0.4) is 0 Å². The fraction of sp³-hybridized carbons (Fsp3) is 1.00. The van der Waals surface area contributed by atoms with Crippen LogP contribution >= 0.6 is 0 Å². The fourth-order valence-corrected chi connectivity index (χ4v) is 1.93. The Hall–Kier alpha value is -0.280. The molecule has 0 amide bonds. The van der Waals surface area contributed by atoms with Gasteiger partial charge < -0.3 is 35.0 Å². The quantitative estimate of drug-likeness (QED) is 0.379. The van der Waals surface area contributed by atoms with Crippen LogP contribution in [0.15, 0.2) is 0 Å². The molecule has 7 nitrogen and oxygen atoms in total. The van der Waals surface area contributed by atoms with Crippen molar-refractivity contribution in [2.24, 2.45) is 0 Å². The van der Waals surface area contributed by atoms with Crippen LogP contribution < -0.4 is 0 Å². The van der Waals surface area contributed by atoms with Crippen LogP contribution in [-0.4, -0.2) is 75.6 Å². The summed E-state index contributed by atoms with van der Waals surface area (Å²) in [5.74, 6) is 0. The first-order chi connectivity index (χ1) is 9.01. The maximum Gasteiger partial charge on any atom is 0.186 e. The van der Waals surface area contributed by atoms with E-state index >= 15 is 0 Å². The van der Waals surface area contributed by atoms with Gasteiger partial charge in [-0.1, -0.05) is 19.8 Å². The minimum absolute atomic E-state index is 0.0390. The fourth-order valence-electron chi connectivity index (χ4n) is 1.93. The van der Waals surface area contributed by atoms with Crippen molar-refractivity contribution in [3.8, 4) is 0 Å². The average Bonchev–Trinajstić information content (AvgIpc) is 2.41. The summed E-state index contributed by atoms with van der Waals surface area (Å²) in [5.41, 5.74) is 0. The van der Waals surface area contributed by atoms with Crippen LogP contribution in [0.1, 0.15) is 26.2 Å². The van der Waals surface area contributed by atoms with Crippen LogP contribution in [-0.2, 0) is 9.47 Å². The summed E-state index contributed by atoms with van der Waals surface area (Å²) in [7, 11) is 0. The molecule has 1 rings (SSSR count). The minimum Gasteiger partial charge on any atom is -0.394 e. The Morgan fingerprint density at radius 1 is 1.16 bits per heavy atom. The normalized spacial score (nSPS) is 37.3. The van der Waals surface area contributed by atoms with Crippen molar-refractivity contribution in [1.82, 2.24) is 0 Å². The van der Waals surface area contributed by atoms with Crippen LogP contribution in [0.5, 0.6) is 0 Å². The molecule has 6 atom stereocenters. The van der Waals surface area contributed by atoms with Gasteiger partial charge >= 0.3 is 0 Å². The Bertz CT molecular complexity index is 248. The Labute approximate surface area is 112 Å². The SMILES string of the molecule is CCCCC(O)CO[C@@H]1O[C@H](CO)[C@H](O)[C@H](O)[C@H]1O. The first-order valence-electron chi connectivity index (χ1n) is 6.61. The van der Waals surface area contributed by atoms with E-state index in [2.05, 4.69) is 0 Å². The molecule has 0 aromatic carbocycles. The molecule has 1 fully saturated rings. The maximum absolute atomic E-state index is 9.69. The molecule has 1 aliphatic heterocycles. The predicted molar refractivity (Wildman–Crippen MR) is 65.3 cm³/mol. The van der Waals surface area contributed by atoms with Gasteiger partial charge in [-0.15, -0.1) is 0 Å². The molecule has 1 unspecified atom stereocenters. The van der Waals surface area contributed by atoms with E-state index in [0.29, 0.717) is 6.42 Å². The topological polar surface area (TPSA) is 120 Å². The van der Waals surface area contributed by atoms with Gasteiger partial charge in [0.25, 0.3) is 0 Å². The minimum atomic E-state index is -1.45. The second-order valence-electron chi connectivity index (χ2n) is 4.83. The molecule has 7 heteroatoms. The lowest BCUT2D eigenvalue weighted by Gasteiger charge is -2.39. The molecule has 5 N–H and O–H groups in total. The second kappa shape index (κ2) is 8.11. The lowest BCUT2D eigenvalue weighted by molar-refractivity contribution is -0.304. The molecule has 0 aromatic rings. The first-order valence-corrected chi connectivity index (χ1v) is 6.61. The van der Waals surface area contributed by atoms with Gasteiger partial charge in [0.05, 0.1) is 19.3 Å². The molecule has 114 valence electrons. The van der Waals surface area contributed by atoms with Crippen LogP contribution in [0.4, 0.5) is 0 Å². The number of aliphatic hydroxyl groups is 5. The Balaban J connectivity index is 2.43. The van der Waals surface area contributed by atoms with E-state index in [4.69, 9.17) is 14.6 Å². The molecule has 1 saturated heterocycles. The van der Waals surface area contributed by atoms with E-state index < -0.39 is 43.4 Å². The number of hydrogen-bond donors (Lipinski definition) is 5. The molecule has 0 aliphatic carbocycles. The molecule has 0 bridgehead atoms. The summed E-state index contributed by atoms with van der Waals surface area (Å²) >= 11 is 0. The van der Waals surface area contributed by atoms with Crippen molar-refractivity contribution >= 4 is 0 Å². The molecular weight excluding hydrogens is 256 g/mol. The summed E-state index contributed by atoms with van der Waals surface area (Å²) in [6, 6.07) is 0. The highest BCUT2D eigenvalue weighted by atomic mass is 16.7. The third-order valence-corrected chi connectivity index (χ3v) is 3.19. The highest BCUT2D eigenvalue weighted by Gasteiger charge is 2.44. The van der Waals surface area contributed by atoms with Crippen molar-refractivity contribution < 1.29 is 35.0 Å². The smallest absolute Gasteiger partial charge is 0.186 e. The third-order valence-electron chi connectivity index (χ3n) is 3.19. The summed E-state index contributed by atoms with van der Waals surface area (Å²) < 4.78 is 10.3. The molecular formula is C12H24O7. The Kier molecular flexibility index (Phi) is 7.16. The van der Waals surface area contributed by atoms with Crippen molar-refractivity contribution in [2.45, 2.75) is 63.0 Å². The number of hydrogen-bond acceptors (Lipinski definition) is 7. The van der Waals surface area contributed by atoms with Crippen molar-refractivity contribution in [1.29, 1.82) is 0 Å². The summed E-state index contributed by atoms with van der Waals surface area (Å²) in [5, 5.41) is 47.4. The van der Waals surface area contributed by atoms with E-state index in [9.17, 15) is 20.4 Å². The summed E-state index contributed by atoms with van der Waals surface area (Å²) in [6.45, 7) is 1.47. The number of aliphatic hydroxyl groups excluding tert-OH is 5. The van der Waals surface area contributed by atoms with E-state index in [0.717, 1.165) is 12.8 Å². The number of ether oxygens (including phenoxy) is 2. The molecule has 0 saturated carbocycles. The monoisotopic (exact) mass is 280 g/mol. The highest BCUT2D eigenvalue weighted by Crippen LogP contribution is 2.22. The number of unbranched alkanes of at least 4 members (excludes halogenated alkanes) is 1. The van der Waals surface area contributed by atoms with Crippen molar-refractivity contribution in [3.63, 3.8) is 0 Å². The summed E-state index contributed by atoms with van der Waals surface area (Å²) in [6.07, 6.45) is -4.72. The molecule has 1 aliphatic rings. The zero-order chi connectivity index (χ0) is 14.4. The lowest BCUT2D eigenvalue weighted by atomic mass is 9.99. The summed E-state index contributed by atoms with van der Waals surface area (Å²) in [4.78, 5) is 0. The molecule has 1 heterocycles. The second-order valence-corrected chi connectivity index (χ2v) is 4.83. The molecule has 19 heavy (non-hydrogen) atoms. The Morgan fingerprint density at radius 2 is 1.84 bits per heavy atom. The maximum atomic E-state index is 9.69. The van der Waals surface area contributed by atoms with Gasteiger partial charge in [0.15, 0.2) is 6.29 Å². The van der Waals surface area contributed by atoms with Crippen molar-refractivity contribution in [3.05, 3.63) is 0 Å². The largest absolute Gasteiger partial charge is 0.394 e. The number of rotatable bonds is 7. The van der Waals surface area contributed by atoms with Gasteiger partial charge in [0, 0.05) is 0 Å². The predicted octanol–water partition coefficient (Wildman–Crippen LogP) is -1.65. The van der Waals surface area contributed by atoms with E-state index in [1.165, 1.54) is 0 Å². The molecule has 0 aromatic heterocycles. The van der Waals surface area contributed by atoms with E-state index in [1.807, 2.05) is 6.92 Å². The zero-order valence-electron chi connectivity index (χ0n) is 11.1. The van der Waals surface area contributed by atoms with Gasteiger partial charge in [-0.05, 0) is 6.42 Å². The lowest BCUT2D eigenvalue weighted by Crippen LogP contribution is -2.59. The van der Waals surface area contributed by atoms with Gasteiger partial charge in [-0.3, -0.25) is 0 Å². The average molecular weight is 280 g/mol. The zero-order valence-corrected chi connectivity index (χ0v) is 11.1. The van der Waals surface area contributed by atoms with Crippen LogP contribution in [0, 0.1) is 0 Å². The van der Waals surface area contributed by atoms with Gasteiger partial charge in [-0.2, -0.15) is 0 Å². The molecule has 0 radical (unpaired) electrons. The van der Waals surface area contributed by atoms with Crippen LogP contribution in [0.25, 0.3) is 0 Å². The van der Waals surface area contributed by atoms with Gasteiger partial charge in [-0.25, -0.2) is 0 Å². The van der Waals surface area contributed by atoms with E-state index in [1.54, 1.807) is 0 Å². The standard InChI is InChI=1S/C12H24O7/c1-2-3-4-7(14)6-18-12-11(17)10(16)9(15)8(5-13)19-12/h7-17H,2-6H2,1H3/t7?,8-,9+,10+,11-,12-/m1/s1. The van der Waals surface area contributed by atoms with Gasteiger partial charge in [0.2, 0.25) is 0 Å². The van der Waals surface area contributed by atoms with E-state index in [-0.39, 0.29) is 6.61 Å². The van der Waals surface area contributed by atoms with Crippen molar-refractivity contribution in [2.75, 3.05) is 13.2 Å². The Morgan fingerprint density at radius 3 is 2.42 bits per heavy atom.